The minimum atomic E-state index is -0.627. The molecular formula is C21H24BrClN2O3. The van der Waals surface area contributed by atoms with Crippen molar-refractivity contribution in [3.63, 3.8) is 0 Å². The molecule has 7 heteroatoms. The van der Waals surface area contributed by atoms with E-state index in [1.54, 1.807) is 25.1 Å². The zero-order valence-electron chi connectivity index (χ0n) is 16.2. The van der Waals surface area contributed by atoms with E-state index in [4.69, 9.17) is 16.3 Å². The minimum Gasteiger partial charge on any atom is -0.482 e. The number of likely N-dealkylation sites (N-methyl/N-ethyl adjacent to an activating group) is 1. The molecule has 0 aliphatic heterocycles. The Morgan fingerprint density at radius 2 is 1.89 bits per heavy atom. The van der Waals surface area contributed by atoms with Crippen LogP contribution in [0.1, 0.15) is 25.0 Å². The first-order valence-corrected chi connectivity index (χ1v) is 10.2. The second-order valence-corrected chi connectivity index (χ2v) is 7.76. The SMILES string of the molecule is CCNC(=O)C(C)N(Cc1ccc(C)cc1)C(=O)COc1ccc(Br)cc1Cl. The molecule has 1 N–H and O–H groups in total. The van der Waals surface area contributed by atoms with Crippen LogP contribution in [0.25, 0.3) is 0 Å². The minimum absolute atomic E-state index is 0.204. The van der Waals surface area contributed by atoms with Gasteiger partial charge in [0.2, 0.25) is 5.91 Å². The number of carbonyl (C=O) groups is 2. The van der Waals surface area contributed by atoms with Gasteiger partial charge in [-0.3, -0.25) is 9.59 Å². The quantitative estimate of drug-likeness (QED) is 0.628. The molecule has 5 nitrogen and oxygen atoms in total. The molecule has 0 fully saturated rings. The average Bonchev–Trinajstić information content (AvgIpc) is 2.66. The molecule has 2 aromatic carbocycles. The number of aryl methyl sites for hydroxylation is 1. The van der Waals surface area contributed by atoms with Crippen LogP contribution in [0, 0.1) is 6.92 Å². The topological polar surface area (TPSA) is 58.6 Å². The molecule has 0 saturated heterocycles. The number of benzene rings is 2. The third kappa shape index (κ3) is 6.24. The molecule has 0 aromatic heterocycles. The largest absolute Gasteiger partial charge is 0.482 e. The molecule has 0 aliphatic rings. The third-order valence-electron chi connectivity index (χ3n) is 4.24. The van der Waals surface area contributed by atoms with Crippen LogP contribution in [-0.2, 0) is 16.1 Å². The maximum Gasteiger partial charge on any atom is 0.261 e. The first-order chi connectivity index (χ1) is 13.3. The molecule has 0 bridgehead atoms. The molecule has 0 heterocycles. The molecule has 2 amide bonds. The Balaban J connectivity index is 2.15. The van der Waals surface area contributed by atoms with Gasteiger partial charge in [-0.05, 0) is 44.5 Å². The van der Waals surface area contributed by atoms with Crippen LogP contribution in [0.2, 0.25) is 5.02 Å². The van der Waals surface area contributed by atoms with Crippen molar-refractivity contribution >= 4 is 39.3 Å². The number of amides is 2. The molecular weight excluding hydrogens is 444 g/mol. The Hall–Kier alpha value is -2.05. The van der Waals surface area contributed by atoms with Crippen LogP contribution in [0.5, 0.6) is 5.75 Å². The Kier molecular flexibility index (Phi) is 8.33. The zero-order valence-corrected chi connectivity index (χ0v) is 18.5. The molecule has 1 atom stereocenters. The van der Waals surface area contributed by atoms with Crippen molar-refractivity contribution in [2.45, 2.75) is 33.4 Å². The van der Waals surface area contributed by atoms with Gasteiger partial charge in [-0.1, -0.05) is 57.4 Å². The fraction of sp³-hybridized carbons (Fsp3) is 0.333. The molecule has 2 aromatic rings. The maximum atomic E-state index is 12.9. The van der Waals surface area contributed by atoms with E-state index in [9.17, 15) is 9.59 Å². The van der Waals surface area contributed by atoms with Gasteiger partial charge in [-0.2, -0.15) is 0 Å². The van der Waals surface area contributed by atoms with Gasteiger partial charge < -0.3 is 15.0 Å². The lowest BCUT2D eigenvalue weighted by Crippen LogP contribution is -2.49. The van der Waals surface area contributed by atoms with Crippen LogP contribution < -0.4 is 10.1 Å². The standard InChI is InChI=1S/C21H24BrClN2O3/c1-4-24-21(27)15(3)25(12-16-7-5-14(2)6-8-16)20(26)13-28-19-10-9-17(22)11-18(19)23/h5-11,15H,4,12-13H2,1-3H3,(H,24,27). The first kappa shape index (κ1) is 22.2. The molecule has 150 valence electrons. The average molecular weight is 468 g/mol. The van der Waals surface area contributed by atoms with E-state index >= 15 is 0 Å². The van der Waals surface area contributed by atoms with Crippen molar-refractivity contribution in [1.29, 1.82) is 0 Å². The fourth-order valence-corrected chi connectivity index (χ4v) is 3.34. The molecule has 0 radical (unpaired) electrons. The van der Waals surface area contributed by atoms with Gasteiger partial charge in [-0.15, -0.1) is 0 Å². The van der Waals surface area contributed by atoms with Gasteiger partial charge in [-0.25, -0.2) is 0 Å². The summed E-state index contributed by atoms with van der Waals surface area (Å²) in [5, 5.41) is 3.17. The number of rotatable bonds is 8. The summed E-state index contributed by atoms with van der Waals surface area (Å²) in [6, 6.07) is 12.4. The number of nitrogens with one attached hydrogen (secondary N) is 1. The summed E-state index contributed by atoms with van der Waals surface area (Å²) in [4.78, 5) is 26.7. The van der Waals surface area contributed by atoms with Gasteiger partial charge in [0, 0.05) is 17.6 Å². The van der Waals surface area contributed by atoms with E-state index in [0.29, 0.717) is 23.9 Å². The monoisotopic (exact) mass is 466 g/mol. The summed E-state index contributed by atoms with van der Waals surface area (Å²) in [5.74, 6) is -0.0814. The lowest BCUT2D eigenvalue weighted by atomic mass is 10.1. The first-order valence-electron chi connectivity index (χ1n) is 9.02. The highest BCUT2D eigenvalue weighted by Crippen LogP contribution is 2.27. The van der Waals surface area contributed by atoms with Crippen molar-refractivity contribution in [3.05, 3.63) is 63.1 Å². The number of carbonyl (C=O) groups excluding carboxylic acids is 2. The number of nitrogens with zero attached hydrogens (tertiary/aromatic N) is 1. The summed E-state index contributed by atoms with van der Waals surface area (Å²) in [5.41, 5.74) is 2.07. The predicted octanol–water partition coefficient (Wildman–Crippen LogP) is 4.34. The second kappa shape index (κ2) is 10.5. The molecule has 2 rings (SSSR count). The Morgan fingerprint density at radius 1 is 1.21 bits per heavy atom. The second-order valence-electron chi connectivity index (χ2n) is 6.44. The summed E-state index contributed by atoms with van der Waals surface area (Å²) in [7, 11) is 0. The van der Waals surface area contributed by atoms with Gasteiger partial charge >= 0.3 is 0 Å². The number of halogens is 2. The fourth-order valence-electron chi connectivity index (χ4n) is 2.61. The van der Waals surface area contributed by atoms with Gasteiger partial charge in [0.05, 0.1) is 5.02 Å². The van der Waals surface area contributed by atoms with Crippen LogP contribution in [0.3, 0.4) is 0 Å². The molecule has 1 unspecified atom stereocenters. The highest BCUT2D eigenvalue weighted by Gasteiger charge is 2.26. The Labute approximate surface area is 179 Å². The summed E-state index contributed by atoms with van der Waals surface area (Å²) in [6.07, 6.45) is 0. The maximum absolute atomic E-state index is 12.9. The van der Waals surface area contributed by atoms with E-state index in [-0.39, 0.29) is 18.4 Å². The third-order valence-corrected chi connectivity index (χ3v) is 5.03. The van der Waals surface area contributed by atoms with Gasteiger partial charge in [0.25, 0.3) is 5.91 Å². The summed E-state index contributed by atoms with van der Waals surface area (Å²) in [6.45, 7) is 6.16. The van der Waals surface area contributed by atoms with Crippen molar-refractivity contribution in [2.75, 3.05) is 13.2 Å². The Morgan fingerprint density at radius 3 is 2.50 bits per heavy atom. The normalized spacial score (nSPS) is 11.6. The number of ether oxygens (including phenoxy) is 1. The lowest BCUT2D eigenvalue weighted by molar-refractivity contribution is -0.142. The van der Waals surface area contributed by atoms with E-state index in [1.165, 1.54) is 4.90 Å². The van der Waals surface area contributed by atoms with E-state index in [2.05, 4.69) is 21.2 Å². The van der Waals surface area contributed by atoms with Crippen LogP contribution in [0.4, 0.5) is 0 Å². The van der Waals surface area contributed by atoms with E-state index in [0.717, 1.165) is 15.6 Å². The van der Waals surface area contributed by atoms with Crippen molar-refractivity contribution in [2.24, 2.45) is 0 Å². The van der Waals surface area contributed by atoms with E-state index in [1.807, 2.05) is 38.1 Å². The smallest absolute Gasteiger partial charge is 0.261 e. The Bertz CT molecular complexity index is 827. The van der Waals surface area contributed by atoms with Gasteiger partial charge in [0.15, 0.2) is 6.61 Å². The summed E-state index contributed by atoms with van der Waals surface area (Å²) < 4.78 is 6.43. The van der Waals surface area contributed by atoms with Crippen LogP contribution in [0.15, 0.2) is 46.9 Å². The molecule has 0 aliphatic carbocycles. The van der Waals surface area contributed by atoms with Gasteiger partial charge in [0.1, 0.15) is 11.8 Å². The molecule has 0 saturated carbocycles. The zero-order chi connectivity index (χ0) is 20.7. The van der Waals surface area contributed by atoms with Crippen LogP contribution in [-0.4, -0.2) is 35.9 Å². The highest BCUT2D eigenvalue weighted by molar-refractivity contribution is 9.10. The summed E-state index contributed by atoms with van der Waals surface area (Å²) >= 11 is 9.48. The van der Waals surface area contributed by atoms with Crippen molar-refractivity contribution < 1.29 is 14.3 Å². The van der Waals surface area contributed by atoms with E-state index < -0.39 is 6.04 Å². The van der Waals surface area contributed by atoms with Crippen LogP contribution >= 0.6 is 27.5 Å². The highest BCUT2D eigenvalue weighted by atomic mass is 79.9. The number of hydrogen-bond acceptors (Lipinski definition) is 3. The van der Waals surface area contributed by atoms with Crippen molar-refractivity contribution in [3.8, 4) is 5.75 Å². The molecule has 28 heavy (non-hydrogen) atoms. The number of hydrogen-bond donors (Lipinski definition) is 1. The molecule has 0 spiro atoms. The predicted molar refractivity (Wildman–Crippen MR) is 115 cm³/mol. The lowest BCUT2D eigenvalue weighted by Gasteiger charge is -2.28. The van der Waals surface area contributed by atoms with Crippen molar-refractivity contribution in [1.82, 2.24) is 10.2 Å².